The van der Waals surface area contributed by atoms with Crippen LogP contribution in [0.15, 0.2) is 71.7 Å². The van der Waals surface area contributed by atoms with Gasteiger partial charge in [-0.3, -0.25) is 4.79 Å². The van der Waals surface area contributed by atoms with E-state index < -0.39 is 5.97 Å². The van der Waals surface area contributed by atoms with Crippen molar-refractivity contribution >= 4 is 33.3 Å². The standard InChI is InChI=1S/C24H18N4O3S/c29-23(30)16-11-28(12-16)24-27-21(15-6-4-14(5-7-15)20-10-25-13-31-20)22(32-24)18-2-1-3-19-17(18)8-9-26-19/h1-10,13,16,26H,11-12H2,(H,29,30). The summed E-state index contributed by atoms with van der Waals surface area (Å²) in [7, 11) is 0. The van der Waals surface area contributed by atoms with Gasteiger partial charge in [-0.05, 0) is 12.1 Å². The first-order chi connectivity index (χ1) is 15.7. The summed E-state index contributed by atoms with van der Waals surface area (Å²) < 4.78 is 5.40. The molecule has 0 amide bonds. The van der Waals surface area contributed by atoms with Gasteiger partial charge in [-0.1, -0.05) is 47.7 Å². The monoisotopic (exact) mass is 442 g/mol. The number of benzene rings is 2. The fourth-order valence-corrected chi connectivity index (χ4v) is 5.19. The molecular formula is C24H18N4O3S. The first kappa shape index (κ1) is 18.8. The zero-order valence-corrected chi connectivity index (χ0v) is 17.7. The maximum Gasteiger partial charge on any atom is 0.310 e. The van der Waals surface area contributed by atoms with E-state index in [1.165, 1.54) is 6.39 Å². The van der Waals surface area contributed by atoms with E-state index in [-0.39, 0.29) is 5.92 Å². The summed E-state index contributed by atoms with van der Waals surface area (Å²) in [5.41, 5.74) is 5.01. The summed E-state index contributed by atoms with van der Waals surface area (Å²) in [6, 6.07) is 16.3. The zero-order valence-electron chi connectivity index (χ0n) is 16.9. The van der Waals surface area contributed by atoms with Gasteiger partial charge in [-0.15, -0.1) is 0 Å². The van der Waals surface area contributed by atoms with Gasteiger partial charge in [0.25, 0.3) is 0 Å². The highest BCUT2D eigenvalue weighted by molar-refractivity contribution is 7.19. The van der Waals surface area contributed by atoms with Crippen molar-refractivity contribution < 1.29 is 14.3 Å². The minimum Gasteiger partial charge on any atom is -0.481 e. The zero-order chi connectivity index (χ0) is 21.7. The second-order valence-corrected chi connectivity index (χ2v) is 8.78. The quantitative estimate of drug-likeness (QED) is 0.392. The summed E-state index contributed by atoms with van der Waals surface area (Å²) in [4.78, 5) is 26.6. The van der Waals surface area contributed by atoms with Crippen LogP contribution >= 0.6 is 11.3 Å². The van der Waals surface area contributed by atoms with Gasteiger partial charge in [-0.25, -0.2) is 9.97 Å². The Balaban J connectivity index is 1.45. The van der Waals surface area contributed by atoms with Crippen molar-refractivity contribution in [1.82, 2.24) is 15.0 Å². The lowest BCUT2D eigenvalue weighted by molar-refractivity contribution is -0.142. The molecule has 158 valence electrons. The number of hydrogen-bond acceptors (Lipinski definition) is 6. The minimum atomic E-state index is -0.752. The Hall–Kier alpha value is -3.91. The lowest BCUT2D eigenvalue weighted by Gasteiger charge is -2.36. The number of aromatic nitrogens is 3. The van der Waals surface area contributed by atoms with Crippen LogP contribution in [0.5, 0.6) is 0 Å². The number of fused-ring (bicyclic) bond motifs is 1. The molecule has 0 atom stereocenters. The van der Waals surface area contributed by atoms with Gasteiger partial charge in [0.05, 0.1) is 22.7 Å². The van der Waals surface area contributed by atoms with Crippen LogP contribution in [-0.4, -0.2) is 39.1 Å². The number of carbonyl (C=O) groups is 1. The van der Waals surface area contributed by atoms with E-state index in [4.69, 9.17) is 9.40 Å². The van der Waals surface area contributed by atoms with E-state index in [0.29, 0.717) is 18.8 Å². The third-order valence-corrected chi connectivity index (χ3v) is 6.98. The number of thiazole rings is 1. The number of nitrogens with zero attached hydrogens (tertiary/aromatic N) is 3. The molecule has 1 aliphatic rings. The van der Waals surface area contributed by atoms with E-state index in [1.54, 1.807) is 17.5 Å². The summed E-state index contributed by atoms with van der Waals surface area (Å²) in [6.07, 6.45) is 5.05. The van der Waals surface area contributed by atoms with E-state index >= 15 is 0 Å². The fraction of sp³-hybridized carbons (Fsp3) is 0.125. The molecule has 1 fully saturated rings. The highest BCUT2D eigenvalue weighted by atomic mass is 32.1. The van der Waals surface area contributed by atoms with Crippen LogP contribution in [0.3, 0.4) is 0 Å². The molecule has 7 nitrogen and oxygen atoms in total. The average molecular weight is 443 g/mol. The second kappa shape index (κ2) is 7.35. The summed E-state index contributed by atoms with van der Waals surface area (Å²) in [6.45, 7) is 0.973. The smallest absolute Gasteiger partial charge is 0.310 e. The summed E-state index contributed by atoms with van der Waals surface area (Å²) >= 11 is 1.60. The van der Waals surface area contributed by atoms with Gasteiger partial charge >= 0.3 is 5.97 Å². The van der Waals surface area contributed by atoms with Crippen molar-refractivity contribution in [2.75, 3.05) is 18.0 Å². The molecule has 2 aromatic carbocycles. The Bertz CT molecular complexity index is 1410. The lowest BCUT2D eigenvalue weighted by atomic mass is 10.0. The fourth-order valence-electron chi connectivity index (χ4n) is 4.05. The number of oxazole rings is 1. The van der Waals surface area contributed by atoms with Crippen molar-refractivity contribution in [1.29, 1.82) is 0 Å². The molecule has 0 saturated carbocycles. The Kier molecular flexibility index (Phi) is 4.32. The number of H-pyrrole nitrogens is 1. The number of aliphatic carboxylic acids is 1. The minimum absolute atomic E-state index is 0.333. The summed E-state index contributed by atoms with van der Waals surface area (Å²) in [5, 5.41) is 11.2. The topological polar surface area (TPSA) is 95.2 Å². The van der Waals surface area contributed by atoms with Crippen LogP contribution in [-0.2, 0) is 4.79 Å². The predicted molar refractivity (Wildman–Crippen MR) is 124 cm³/mol. The van der Waals surface area contributed by atoms with Gasteiger partial charge in [0, 0.05) is 46.9 Å². The second-order valence-electron chi connectivity index (χ2n) is 7.80. The molecule has 6 rings (SSSR count). The molecule has 5 aromatic rings. The molecule has 3 aromatic heterocycles. The molecule has 0 bridgehead atoms. The first-order valence-electron chi connectivity index (χ1n) is 10.2. The van der Waals surface area contributed by atoms with Gasteiger partial charge in [-0.2, -0.15) is 0 Å². The number of hydrogen-bond donors (Lipinski definition) is 2. The molecule has 32 heavy (non-hydrogen) atoms. The van der Waals surface area contributed by atoms with Crippen LogP contribution in [0.25, 0.3) is 43.9 Å². The lowest BCUT2D eigenvalue weighted by Crippen LogP contribution is -2.50. The Morgan fingerprint density at radius 1 is 1.12 bits per heavy atom. The van der Waals surface area contributed by atoms with Gasteiger partial charge < -0.3 is 19.4 Å². The van der Waals surface area contributed by atoms with Crippen LogP contribution in [0.4, 0.5) is 5.13 Å². The highest BCUT2D eigenvalue weighted by Gasteiger charge is 2.35. The molecule has 0 spiro atoms. The van der Waals surface area contributed by atoms with Crippen molar-refractivity contribution in [3.63, 3.8) is 0 Å². The number of aromatic amines is 1. The number of nitrogens with one attached hydrogen (secondary N) is 1. The number of rotatable bonds is 5. The van der Waals surface area contributed by atoms with Crippen LogP contribution < -0.4 is 4.90 Å². The third kappa shape index (κ3) is 3.07. The van der Waals surface area contributed by atoms with Gasteiger partial charge in [0.1, 0.15) is 0 Å². The first-order valence-corrected chi connectivity index (χ1v) is 11.0. The molecule has 1 saturated heterocycles. The Morgan fingerprint density at radius 3 is 2.69 bits per heavy atom. The summed E-state index contributed by atoms with van der Waals surface area (Å²) in [5.74, 6) is -0.369. The van der Waals surface area contributed by atoms with Gasteiger partial charge in [0.15, 0.2) is 17.3 Å². The van der Waals surface area contributed by atoms with E-state index in [1.807, 2.05) is 41.4 Å². The van der Waals surface area contributed by atoms with E-state index in [0.717, 1.165) is 43.3 Å². The maximum absolute atomic E-state index is 11.3. The maximum atomic E-state index is 11.3. The van der Waals surface area contributed by atoms with Crippen LogP contribution in [0.1, 0.15) is 0 Å². The average Bonchev–Trinajstić information content (AvgIpc) is 3.52. The van der Waals surface area contributed by atoms with Crippen LogP contribution in [0, 0.1) is 5.92 Å². The van der Waals surface area contributed by atoms with Crippen molar-refractivity contribution in [2.24, 2.45) is 5.92 Å². The molecule has 0 unspecified atom stereocenters. The van der Waals surface area contributed by atoms with E-state index in [9.17, 15) is 9.90 Å². The highest BCUT2D eigenvalue weighted by Crippen LogP contribution is 2.44. The normalized spacial score (nSPS) is 14.1. The third-order valence-electron chi connectivity index (χ3n) is 5.83. The molecule has 8 heteroatoms. The number of anilines is 1. The molecule has 1 aliphatic heterocycles. The molecule has 0 aliphatic carbocycles. The molecular weight excluding hydrogens is 424 g/mol. The van der Waals surface area contributed by atoms with Gasteiger partial charge in [0.2, 0.25) is 0 Å². The predicted octanol–water partition coefficient (Wildman–Crippen LogP) is 5.13. The molecule has 4 heterocycles. The molecule has 0 radical (unpaired) electrons. The Labute approximate surface area is 187 Å². The molecule has 2 N–H and O–H groups in total. The number of carboxylic acids is 1. The van der Waals surface area contributed by atoms with Crippen molar-refractivity contribution in [3.05, 3.63) is 67.3 Å². The van der Waals surface area contributed by atoms with Crippen LogP contribution in [0.2, 0.25) is 0 Å². The Morgan fingerprint density at radius 2 is 1.94 bits per heavy atom. The van der Waals surface area contributed by atoms with Crippen molar-refractivity contribution in [2.45, 2.75) is 0 Å². The van der Waals surface area contributed by atoms with Crippen molar-refractivity contribution in [3.8, 4) is 33.0 Å². The SMILES string of the molecule is O=C(O)C1CN(c2nc(-c3ccc(-c4cnco4)cc3)c(-c3cccc4[nH]ccc34)s2)C1. The number of carboxylic acid groups (broad SMARTS) is 1. The van der Waals surface area contributed by atoms with E-state index in [2.05, 4.69) is 28.2 Å². The largest absolute Gasteiger partial charge is 0.481 e.